The van der Waals surface area contributed by atoms with E-state index >= 15 is 0 Å². The summed E-state index contributed by atoms with van der Waals surface area (Å²) >= 11 is 0. The molecule has 3 nitrogen and oxygen atoms in total. The zero-order valence-corrected chi connectivity index (χ0v) is 29.1. The molecule has 0 bridgehead atoms. The summed E-state index contributed by atoms with van der Waals surface area (Å²) in [7, 11) is 0. The van der Waals surface area contributed by atoms with Crippen LogP contribution in [0.2, 0.25) is 0 Å². The zero-order chi connectivity index (χ0) is 33.2. The molecule has 1 aliphatic carbocycles. The molecule has 0 radical (unpaired) electrons. The minimum Gasteiger partial charge on any atom is -0.309 e. The van der Waals surface area contributed by atoms with Crippen molar-refractivity contribution in [3.05, 3.63) is 148 Å². The number of allylic oxidation sites excluding steroid dienone is 6. The number of aromatic nitrogens is 3. The summed E-state index contributed by atoms with van der Waals surface area (Å²) in [6, 6.07) is 24.5. The van der Waals surface area contributed by atoms with Crippen LogP contribution >= 0.6 is 0 Å². The van der Waals surface area contributed by atoms with Crippen LogP contribution in [0.15, 0.2) is 126 Å². The molecule has 3 heteroatoms. The first-order valence-corrected chi connectivity index (χ1v) is 16.6. The molecule has 236 valence electrons. The van der Waals surface area contributed by atoms with Crippen LogP contribution in [0.4, 0.5) is 0 Å². The summed E-state index contributed by atoms with van der Waals surface area (Å²) in [5, 5.41) is 2.24. The van der Waals surface area contributed by atoms with Gasteiger partial charge in [-0.2, -0.15) is 0 Å². The van der Waals surface area contributed by atoms with Crippen LogP contribution in [0.5, 0.6) is 0 Å². The van der Waals surface area contributed by atoms with Gasteiger partial charge in [0.2, 0.25) is 0 Å². The minimum atomic E-state index is 1.12. The van der Waals surface area contributed by atoms with Gasteiger partial charge in [0.15, 0.2) is 0 Å². The van der Waals surface area contributed by atoms with Gasteiger partial charge in [-0.15, -0.1) is 0 Å². The summed E-state index contributed by atoms with van der Waals surface area (Å²) in [4.78, 5) is 8.71. The summed E-state index contributed by atoms with van der Waals surface area (Å²) in [6.07, 6.45) is 14.5. The van der Waals surface area contributed by atoms with E-state index in [1.54, 1.807) is 5.57 Å². The normalized spacial score (nSPS) is 12.8. The van der Waals surface area contributed by atoms with Crippen LogP contribution < -0.4 is 0 Å². The highest BCUT2D eigenvalue weighted by atomic mass is 15.0. The van der Waals surface area contributed by atoms with E-state index in [1.165, 1.54) is 74.1 Å². The van der Waals surface area contributed by atoms with Crippen LogP contribution in [-0.2, 0) is 0 Å². The molecule has 0 aliphatic heterocycles. The highest BCUT2D eigenvalue weighted by molar-refractivity contribution is 6.08. The molecular formula is C44H45N3. The summed E-state index contributed by atoms with van der Waals surface area (Å²) in [6.45, 7) is 17.5. The average Bonchev–Trinajstić information content (AvgIpc) is 3.39. The number of aryl methyl sites for hydroxylation is 4. The Bertz CT molecular complexity index is 2160. The Kier molecular flexibility index (Phi) is 9.09. The first-order chi connectivity index (χ1) is 22.6. The molecule has 3 aromatic heterocycles. The van der Waals surface area contributed by atoms with Crippen molar-refractivity contribution in [3.63, 3.8) is 0 Å². The predicted octanol–water partition coefficient (Wildman–Crippen LogP) is 12.2. The third-order valence-electron chi connectivity index (χ3n) is 9.53. The SMILES string of the molecule is CC(C)=C(C)C1=C(C)C=CCC1.Cc1cc(-c2ccc(C)cc2C)cc(-c2ccc(-n3c4ccncc4c4cnccc43)cc2C)c1. The quantitative estimate of drug-likeness (QED) is 0.197. The number of fused-ring (bicyclic) bond motifs is 3. The van der Waals surface area contributed by atoms with Gasteiger partial charge < -0.3 is 4.57 Å². The lowest BCUT2D eigenvalue weighted by Crippen LogP contribution is -1.96. The fourth-order valence-corrected chi connectivity index (χ4v) is 6.90. The highest BCUT2D eigenvalue weighted by Gasteiger charge is 2.14. The Morgan fingerprint density at radius 3 is 1.79 bits per heavy atom. The number of hydrogen-bond donors (Lipinski definition) is 0. The molecule has 47 heavy (non-hydrogen) atoms. The third-order valence-corrected chi connectivity index (χ3v) is 9.53. The van der Waals surface area contributed by atoms with E-state index in [1.807, 2.05) is 24.8 Å². The van der Waals surface area contributed by atoms with Crippen molar-refractivity contribution < 1.29 is 0 Å². The molecule has 0 fully saturated rings. The Balaban J connectivity index is 0.000000273. The first-order valence-electron chi connectivity index (χ1n) is 16.6. The Hall–Kier alpha value is -5.02. The smallest absolute Gasteiger partial charge is 0.0572 e. The van der Waals surface area contributed by atoms with Gasteiger partial charge in [-0.3, -0.25) is 9.97 Å². The zero-order valence-electron chi connectivity index (χ0n) is 29.1. The third kappa shape index (κ3) is 6.49. The van der Waals surface area contributed by atoms with Gasteiger partial charge in [-0.1, -0.05) is 59.7 Å². The number of rotatable bonds is 4. The molecular weight excluding hydrogens is 571 g/mol. The predicted molar refractivity (Wildman–Crippen MR) is 201 cm³/mol. The fourth-order valence-electron chi connectivity index (χ4n) is 6.90. The Morgan fingerprint density at radius 2 is 1.23 bits per heavy atom. The van der Waals surface area contributed by atoms with Gasteiger partial charge in [0.25, 0.3) is 0 Å². The van der Waals surface area contributed by atoms with Gasteiger partial charge in [0.1, 0.15) is 0 Å². The lowest BCUT2D eigenvalue weighted by molar-refractivity contribution is 0.938. The Morgan fingerprint density at radius 1 is 0.638 bits per heavy atom. The molecule has 7 rings (SSSR count). The first kappa shape index (κ1) is 31.9. The van der Waals surface area contributed by atoms with E-state index in [0.29, 0.717) is 0 Å². The van der Waals surface area contributed by atoms with E-state index in [9.17, 15) is 0 Å². The van der Waals surface area contributed by atoms with Gasteiger partial charge in [0.05, 0.1) is 11.0 Å². The van der Waals surface area contributed by atoms with Crippen molar-refractivity contribution in [2.45, 2.75) is 68.2 Å². The van der Waals surface area contributed by atoms with E-state index in [-0.39, 0.29) is 0 Å². The molecule has 0 N–H and O–H groups in total. The Labute approximate surface area is 280 Å². The molecule has 0 unspecified atom stereocenters. The summed E-state index contributed by atoms with van der Waals surface area (Å²) < 4.78 is 2.31. The molecule has 0 amide bonds. The van der Waals surface area contributed by atoms with E-state index in [0.717, 1.165) is 27.5 Å². The van der Waals surface area contributed by atoms with Crippen molar-refractivity contribution in [2.75, 3.05) is 0 Å². The monoisotopic (exact) mass is 615 g/mol. The molecule has 0 spiro atoms. The lowest BCUT2D eigenvalue weighted by Gasteiger charge is -2.15. The molecule has 6 aromatic rings. The number of nitrogens with zero attached hydrogens (tertiary/aromatic N) is 3. The average molecular weight is 616 g/mol. The van der Waals surface area contributed by atoms with E-state index in [4.69, 9.17) is 0 Å². The van der Waals surface area contributed by atoms with Crippen molar-refractivity contribution >= 4 is 21.8 Å². The topological polar surface area (TPSA) is 30.7 Å². The molecule has 0 saturated heterocycles. The summed E-state index contributed by atoms with van der Waals surface area (Å²) in [5.41, 5.74) is 19.5. The van der Waals surface area contributed by atoms with Crippen LogP contribution in [0.1, 0.15) is 62.8 Å². The maximum absolute atomic E-state index is 4.35. The molecule has 3 heterocycles. The van der Waals surface area contributed by atoms with Crippen molar-refractivity contribution in [1.82, 2.24) is 14.5 Å². The highest BCUT2D eigenvalue weighted by Crippen LogP contribution is 2.35. The largest absolute Gasteiger partial charge is 0.309 e. The van der Waals surface area contributed by atoms with Gasteiger partial charge in [0, 0.05) is 41.2 Å². The van der Waals surface area contributed by atoms with Gasteiger partial charge in [-0.05, 0) is 154 Å². The standard InChI is InChI=1S/C32H27N3.C12H18/c1-20-5-7-27(22(3)13-20)24-14-21(2)15-25(17-24)28-8-6-26(16-23(28)4)35-31-9-11-33-18-29(31)30-19-34-12-10-32(30)35;1-9(2)11(4)12-8-6-5-7-10(12)3/h5-19H,1-4H3;5,7H,6,8H2,1-4H3. The van der Waals surface area contributed by atoms with E-state index in [2.05, 4.69) is 149 Å². The van der Waals surface area contributed by atoms with Crippen LogP contribution in [0.3, 0.4) is 0 Å². The van der Waals surface area contributed by atoms with E-state index < -0.39 is 0 Å². The van der Waals surface area contributed by atoms with Crippen LogP contribution in [0.25, 0.3) is 49.7 Å². The van der Waals surface area contributed by atoms with Crippen LogP contribution in [0, 0.1) is 27.7 Å². The summed E-state index contributed by atoms with van der Waals surface area (Å²) in [5.74, 6) is 0. The molecule has 1 aliphatic rings. The maximum atomic E-state index is 4.35. The number of hydrogen-bond acceptors (Lipinski definition) is 2. The second-order valence-electron chi connectivity index (χ2n) is 13.3. The maximum Gasteiger partial charge on any atom is 0.0572 e. The lowest BCUT2D eigenvalue weighted by atomic mass is 9.91. The van der Waals surface area contributed by atoms with Gasteiger partial charge in [-0.25, -0.2) is 0 Å². The molecule has 0 saturated carbocycles. The second kappa shape index (κ2) is 13.4. The molecule has 0 atom stereocenters. The number of benzene rings is 3. The van der Waals surface area contributed by atoms with Crippen molar-refractivity contribution in [1.29, 1.82) is 0 Å². The van der Waals surface area contributed by atoms with Crippen molar-refractivity contribution in [3.8, 4) is 27.9 Å². The van der Waals surface area contributed by atoms with Gasteiger partial charge >= 0.3 is 0 Å². The second-order valence-corrected chi connectivity index (χ2v) is 13.3. The van der Waals surface area contributed by atoms with Crippen LogP contribution in [-0.4, -0.2) is 14.5 Å². The van der Waals surface area contributed by atoms with Crippen molar-refractivity contribution in [2.24, 2.45) is 0 Å². The fraction of sp³-hybridized carbons (Fsp3) is 0.227. The molecule has 3 aromatic carbocycles. The number of pyridine rings is 2. The minimum absolute atomic E-state index is 1.12.